The van der Waals surface area contributed by atoms with E-state index in [1.807, 2.05) is 97.1 Å². The van der Waals surface area contributed by atoms with Gasteiger partial charge < -0.3 is 5.73 Å². The van der Waals surface area contributed by atoms with Crippen LogP contribution < -0.4 is 5.73 Å². The monoisotopic (exact) mass is 643 g/mol. The lowest BCUT2D eigenvalue weighted by Gasteiger charge is -2.14. The highest BCUT2D eigenvalue weighted by molar-refractivity contribution is 6.18. The van der Waals surface area contributed by atoms with Crippen molar-refractivity contribution in [2.75, 3.05) is 0 Å². The maximum absolute atomic E-state index is 6.75. The van der Waals surface area contributed by atoms with Gasteiger partial charge in [-0.25, -0.2) is 15.0 Å². The summed E-state index contributed by atoms with van der Waals surface area (Å²) in [7, 11) is 0. The van der Waals surface area contributed by atoms with Gasteiger partial charge in [0, 0.05) is 28.0 Å². The summed E-state index contributed by atoms with van der Waals surface area (Å²) < 4.78 is 0. The third-order valence-electron chi connectivity index (χ3n) is 8.85. The van der Waals surface area contributed by atoms with Crippen molar-refractivity contribution in [1.82, 2.24) is 15.0 Å². The van der Waals surface area contributed by atoms with Crippen LogP contribution in [0.5, 0.6) is 0 Å². The van der Waals surface area contributed by atoms with E-state index in [4.69, 9.17) is 25.7 Å². The minimum absolute atomic E-state index is 0.376. The van der Waals surface area contributed by atoms with Gasteiger partial charge in [-0.05, 0) is 38.7 Å². The van der Waals surface area contributed by atoms with Crippen molar-refractivity contribution in [3.63, 3.8) is 0 Å². The molecule has 1 heterocycles. The van der Waals surface area contributed by atoms with E-state index >= 15 is 0 Å². The van der Waals surface area contributed by atoms with Gasteiger partial charge in [-0.2, -0.15) is 0 Å². The van der Waals surface area contributed by atoms with Crippen molar-refractivity contribution in [3.8, 4) is 34.2 Å². The van der Waals surface area contributed by atoms with E-state index in [1.54, 1.807) is 0 Å². The lowest BCUT2D eigenvalue weighted by molar-refractivity contribution is 1.05. The molecule has 0 radical (unpaired) electrons. The Kier molecular flexibility index (Phi) is 8.44. The topological polar surface area (TPSA) is 77.0 Å². The van der Waals surface area contributed by atoms with Crippen LogP contribution in [0.4, 0.5) is 0 Å². The Morgan fingerprint density at radius 2 is 1.02 bits per heavy atom. The third kappa shape index (κ3) is 6.28. The van der Waals surface area contributed by atoms with Crippen LogP contribution in [0.1, 0.15) is 16.7 Å². The molecular formula is C45H33N5. The molecule has 50 heavy (non-hydrogen) atoms. The van der Waals surface area contributed by atoms with Crippen molar-refractivity contribution in [2.24, 2.45) is 10.7 Å². The first-order valence-corrected chi connectivity index (χ1v) is 16.6. The van der Waals surface area contributed by atoms with Crippen molar-refractivity contribution >= 4 is 33.0 Å². The van der Waals surface area contributed by atoms with Gasteiger partial charge in [-0.3, -0.25) is 4.99 Å². The van der Waals surface area contributed by atoms with Gasteiger partial charge in [0.1, 0.15) is 0 Å². The van der Waals surface area contributed by atoms with Gasteiger partial charge >= 0.3 is 0 Å². The zero-order chi connectivity index (χ0) is 33.7. The standard InChI is InChI=1S/C45H33N5/c46-41(33-17-4-1-5-18-33)29-42(38-26-14-23-31-15-10-12-24-36(31)38)47-30-40-37-25-13-11-16-32(37)27-28-39(40)45-49-43(34-19-6-2-7-20-34)48-44(50-45)35-21-8-3-9-22-35/h1-29H,30,46H2/b41-29-,47-42?. The normalized spacial score (nSPS) is 12.0. The molecule has 0 aliphatic carbocycles. The predicted octanol–water partition coefficient (Wildman–Crippen LogP) is 10.2. The van der Waals surface area contributed by atoms with Crippen LogP contribution in [-0.4, -0.2) is 20.7 Å². The molecule has 0 fully saturated rings. The number of allylic oxidation sites excluding steroid dienone is 1. The zero-order valence-electron chi connectivity index (χ0n) is 27.3. The maximum Gasteiger partial charge on any atom is 0.164 e. The number of fused-ring (bicyclic) bond motifs is 2. The van der Waals surface area contributed by atoms with Gasteiger partial charge in [0.05, 0.1) is 12.3 Å². The van der Waals surface area contributed by atoms with Crippen molar-refractivity contribution in [2.45, 2.75) is 6.54 Å². The van der Waals surface area contributed by atoms with Gasteiger partial charge in [-0.1, -0.05) is 170 Å². The number of nitrogens with zero attached hydrogens (tertiary/aromatic N) is 4. The number of hydrogen-bond acceptors (Lipinski definition) is 5. The first-order valence-electron chi connectivity index (χ1n) is 16.6. The summed E-state index contributed by atoms with van der Waals surface area (Å²) in [5.74, 6) is 1.83. The van der Waals surface area contributed by atoms with Crippen LogP contribution in [0.25, 0.3) is 61.4 Å². The minimum atomic E-state index is 0.376. The molecule has 0 saturated heterocycles. The molecule has 0 saturated carbocycles. The molecule has 8 aromatic rings. The Morgan fingerprint density at radius 1 is 0.500 bits per heavy atom. The zero-order valence-corrected chi connectivity index (χ0v) is 27.3. The summed E-state index contributed by atoms with van der Waals surface area (Å²) in [4.78, 5) is 20.4. The van der Waals surface area contributed by atoms with E-state index in [0.29, 0.717) is 29.7 Å². The van der Waals surface area contributed by atoms with E-state index in [0.717, 1.165) is 60.6 Å². The molecule has 0 aliphatic rings. The first kappa shape index (κ1) is 30.6. The number of aromatic nitrogens is 3. The molecule has 5 nitrogen and oxygen atoms in total. The quantitative estimate of drug-likeness (QED) is 0.167. The summed E-state index contributed by atoms with van der Waals surface area (Å²) in [6.07, 6.45) is 1.99. The molecule has 2 N–H and O–H groups in total. The molecule has 0 amide bonds. The maximum atomic E-state index is 6.75. The largest absolute Gasteiger partial charge is 0.398 e. The number of hydrogen-bond donors (Lipinski definition) is 1. The summed E-state index contributed by atoms with van der Waals surface area (Å²) in [6, 6.07) is 57.5. The van der Waals surface area contributed by atoms with Gasteiger partial charge in [-0.15, -0.1) is 0 Å². The number of aliphatic imine (C=N–C) groups is 1. The molecule has 0 unspecified atom stereocenters. The van der Waals surface area contributed by atoms with E-state index in [1.165, 1.54) is 0 Å². The van der Waals surface area contributed by atoms with E-state index in [2.05, 4.69) is 78.9 Å². The minimum Gasteiger partial charge on any atom is -0.398 e. The molecular weight excluding hydrogens is 611 g/mol. The second kappa shape index (κ2) is 13.8. The fraction of sp³-hybridized carbons (Fsp3) is 0.0222. The highest BCUT2D eigenvalue weighted by Crippen LogP contribution is 2.32. The molecule has 0 bridgehead atoms. The second-order valence-electron chi connectivity index (χ2n) is 12.0. The van der Waals surface area contributed by atoms with E-state index in [-0.39, 0.29) is 0 Å². The Labute approximate surface area is 291 Å². The number of nitrogens with two attached hydrogens (primary N) is 1. The lowest BCUT2D eigenvalue weighted by Crippen LogP contribution is -2.06. The van der Waals surface area contributed by atoms with Crippen LogP contribution in [0, 0.1) is 0 Å². The Morgan fingerprint density at radius 3 is 1.68 bits per heavy atom. The number of benzene rings is 7. The average molecular weight is 644 g/mol. The van der Waals surface area contributed by atoms with Gasteiger partial charge in [0.25, 0.3) is 0 Å². The fourth-order valence-electron chi connectivity index (χ4n) is 6.33. The van der Waals surface area contributed by atoms with Crippen LogP contribution >= 0.6 is 0 Å². The summed E-state index contributed by atoms with van der Waals surface area (Å²) >= 11 is 0. The lowest BCUT2D eigenvalue weighted by atomic mass is 9.97. The predicted molar refractivity (Wildman–Crippen MR) is 206 cm³/mol. The smallest absolute Gasteiger partial charge is 0.164 e. The Hall–Kier alpha value is -6.72. The average Bonchev–Trinajstić information content (AvgIpc) is 3.20. The van der Waals surface area contributed by atoms with Crippen molar-refractivity contribution < 1.29 is 0 Å². The molecule has 8 rings (SSSR count). The molecule has 0 aliphatic heterocycles. The van der Waals surface area contributed by atoms with Crippen LogP contribution in [0.3, 0.4) is 0 Å². The van der Waals surface area contributed by atoms with Crippen molar-refractivity contribution in [3.05, 3.63) is 193 Å². The van der Waals surface area contributed by atoms with Crippen LogP contribution in [0.2, 0.25) is 0 Å². The second-order valence-corrected chi connectivity index (χ2v) is 12.0. The molecule has 1 aromatic heterocycles. The van der Waals surface area contributed by atoms with E-state index in [9.17, 15) is 0 Å². The highest BCUT2D eigenvalue weighted by atomic mass is 15.0. The fourth-order valence-corrected chi connectivity index (χ4v) is 6.33. The van der Waals surface area contributed by atoms with Crippen LogP contribution in [0.15, 0.2) is 181 Å². The van der Waals surface area contributed by atoms with Crippen molar-refractivity contribution in [1.29, 1.82) is 0 Å². The van der Waals surface area contributed by atoms with E-state index < -0.39 is 0 Å². The molecule has 238 valence electrons. The van der Waals surface area contributed by atoms with Crippen LogP contribution in [-0.2, 0) is 6.54 Å². The summed E-state index contributed by atoms with van der Waals surface area (Å²) in [5.41, 5.74) is 13.9. The summed E-state index contributed by atoms with van der Waals surface area (Å²) in [6.45, 7) is 0.376. The molecule has 7 aromatic carbocycles. The Bertz CT molecular complexity index is 2440. The molecule has 0 spiro atoms. The van der Waals surface area contributed by atoms with Gasteiger partial charge in [0.2, 0.25) is 0 Å². The Balaban J connectivity index is 1.33. The van der Waals surface area contributed by atoms with Gasteiger partial charge in [0.15, 0.2) is 17.5 Å². The molecule has 5 heteroatoms. The highest BCUT2D eigenvalue weighted by Gasteiger charge is 2.17. The SMILES string of the molecule is N/C(=C\C(=NCc1c(-c2nc(-c3ccccc3)nc(-c3ccccc3)n2)ccc2ccccc12)c1cccc2ccccc12)c1ccccc1. The molecule has 0 atom stereocenters. The first-order chi connectivity index (χ1) is 24.7. The third-order valence-corrected chi connectivity index (χ3v) is 8.85. The number of rotatable bonds is 8. The summed E-state index contributed by atoms with van der Waals surface area (Å²) in [5, 5.41) is 4.46.